The van der Waals surface area contributed by atoms with Gasteiger partial charge in [-0.3, -0.25) is 20.4 Å². The number of hydrazine groups is 1. The number of hydrogen-bond donors (Lipinski definition) is 2. The standard InChI is InChI=1S/C17H17BrN2O2/c1-11(2)12-3-5-13(6-4-12)16(21)19-20-17(22)14-7-9-15(18)10-8-14/h3-11H,1-2H3,(H,19,21)(H,20,22). The van der Waals surface area contributed by atoms with Gasteiger partial charge in [0.25, 0.3) is 11.8 Å². The molecule has 0 fully saturated rings. The Labute approximate surface area is 138 Å². The molecule has 0 aliphatic carbocycles. The van der Waals surface area contributed by atoms with Crippen LogP contribution in [-0.4, -0.2) is 11.8 Å². The van der Waals surface area contributed by atoms with Crippen LogP contribution in [-0.2, 0) is 0 Å². The second kappa shape index (κ2) is 7.22. The minimum Gasteiger partial charge on any atom is -0.267 e. The zero-order valence-electron chi connectivity index (χ0n) is 12.4. The first-order chi connectivity index (χ1) is 10.5. The molecule has 0 spiro atoms. The van der Waals surface area contributed by atoms with E-state index in [0.29, 0.717) is 17.0 Å². The van der Waals surface area contributed by atoms with Gasteiger partial charge in [0.1, 0.15) is 0 Å². The van der Waals surface area contributed by atoms with Crippen LogP contribution >= 0.6 is 15.9 Å². The van der Waals surface area contributed by atoms with Crippen LogP contribution in [0, 0.1) is 0 Å². The fraction of sp³-hybridized carbons (Fsp3) is 0.176. The molecule has 5 heteroatoms. The van der Waals surface area contributed by atoms with Crippen LogP contribution in [0.4, 0.5) is 0 Å². The maximum atomic E-state index is 12.0. The lowest BCUT2D eigenvalue weighted by molar-refractivity contribution is 0.0846. The number of hydrogen-bond acceptors (Lipinski definition) is 2. The van der Waals surface area contributed by atoms with Crippen LogP contribution in [0.25, 0.3) is 0 Å². The van der Waals surface area contributed by atoms with Gasteiger partial charge in [0, 0.05) is 15.6 Å². The molecule has 0 unspecified atom stereocenters. The molecule has 114 valence electrons. The summed E-state index contributed by atoms with van der Waals surface area (Å²) in [4.78, 5) is 23.9. The van der Waals surface area contributed by atoms with Crippen LogP contribution in [0.2, 0.25) is 0 Å². The van der Waals surface area contributed by atoms with E-state index < -0.39 is 0 Å². The first-order valence-corrected chi connectivity index (χ1v) is 7.73. The summed E-state index contributed by atoms with van der Waals surface area (Å²) in [5, 5.41) is 0. The van der Waals surface area contributed by atoms with Crippen LogP contribution < -0.4 is 10.9 Å². The van der Waals surface area contributed by atoms with Crippen LogP contribution in [0.3, 0.4) is 0 Å². The van der Waals surface area contributed by atoms with E-state index in [1.54, 1.807) is 36.4 Å². The summed E-state index contributed by atoms with van der Waals surface area (Å²) >= 11 is 3.30. The zero-order chi connectivity index (χ0) is 16.1. The molecule has 0 saturated heterocycles. The van der Waals surface area contributed by atoms with Gasteiger partial charge in [-0.2, -0.15) is 0 Å². The maximum Gasteiger partial charge on any atom is 0.269 e. The quantitative estimate of drug-likeness (QED) is 0.820. The Morgan fingerprint density at radius 2 is 1.23 bits per heavy atom. The molecule has 0 aliphatic rings. The molecule has 22 heavy (non-hydrogen) atoms. The van der Waals surface area contributed by atoms with Gasteiger partial charge in [0.05, 0.1) is 0 Å². The maximum absolute atomic E-state index is 12.0. The lowest BCUT2D eigenvalue weighted by Gasteiger charge is -2.09. The minimum atomic E-state index is -0.361. The number of rotatable bonds is 3. The zero-order valence-corrected chi connectivity index (χ0v) is 14.0. The first-order valence-electron chi connectivity index (χ1n) is 6.93. The van der Waals surface area contributed by atoms with Gasteiger partial charge in [-0.15, -0.1) is 0 Å². The summed E-state index contributed by atoms with van der Waals surface area (Å²) in [6, 6.07) is 14.2. The van der Waals surface area contributed by atoms with Gasteiger partial charge < -0.3 is 0 Å². The molecule has 0 aromatic heterocycles. The van der Waals surface area contributed by atoms with E-state index in [1.165, 1.54) is 0 Å². The van der Waals surface area contributed by atoms with Crippen molar-refractivity contribution in [3.8, 4) is 0 Å². The van der Waals surface area contributed by atoms with E-state index >= 15 is 0 Å². The van der Waals surface area contributed by atoms with Crippen molar-refractivity contribution in [2.45, 2.75) is 19.8 Å². The van der Waals surface area contributed by atoms with Gasteiger partial charge >= 0.3 is 0 Å². The van der Waals surface area contributed by atoms with Crippen molar-refractivity contribution < 1.29 is 9.59 Å². The highest BCUT2D eigenvalue weighted by molar-refractivity contribution is 9.10. The van der Waals surface area contributed by atoms with Gasteiger partial charge in [0.2, 0.25) is 0 Å². The fourth-order valence-electron chi connectivity index (χ4n) is 1.88. The number of amides is 2. The average Bonchev–Trinajstić information content (AvgIpc) is 2.53. The summed E-state index contributed by atoms with van der Waals surface area (Å²) < 4.78 is 0.887. The molecule has 0 radical (unpaired) electrons. The number of carbonyl (C=O) groups is 2. The predicted octanol–water partition coefficient (Wildman–Crippen LogP) is 3.65. The summed E-state index contributed by atoms with van der Waals surface area (Å²) in [5.74, 6) is -0.297. The Hall–Kier alpha value is -2.14. The molecule has 2 amide bonds. The largest absolute Gasteiger partial charge is 0.269 e. The van der Waals surface area contributed by atoms with E-state index in [1.807, 2.05) is 12.1 Å². The number of carbonyl (C=O) groups excluding carboxylic acids is 2. The molecular weight excluding hydrogens is 344 g/mol. The highest BCUT2D eigenvalue weighted by atomic mass is 79.9. The van der Waals surface area contributed by atoms with E-state index in [-0.39, 0.29) is 11.8 Å². The van der Waals surface area contributed by atoms with E-state index in [2.05, 4.69) is 40.6 Å². The molecule has 0 heterocycles. The number of halogens is 1. The smallest absolute Gasteiger partial charge is 0.267 e. The predicted molar refractivity (Wildman–Crippen MR) is 89.6 cm³/mol. The summed E-state index contributed by atoms with van der Waals surface area (Å²) in [6.07, 6.45) is 0. The normalized spacial score (nSPS) is 10.4. The van der Waals surface area contributed by atoms with Crippen LogP contribution in [0.15, 0.2) is 53.0 Å². The Balaban J connectivity index is 1.94. The number of nitrogens with one attached hydrogen (secondary N) is 2. The molecule has 4 nitrogen and oxygen atoms in total. The van der Waals surface area contributed by atoms with Gasteiger partial charge in [0.15, 0.2) is 0 Å². The average molecular weight is 361 g/mol. The van der Waals surface area contributed by atoms with Crippen molar-refractivity contribution in [3.63, 3.8) is 0 Å². The molecule has 0 bridgehead atoms. The summed E-state index contributed by atoms with van der Waals surface area (Å²) in [6.45, 7) is 4.18. The van der Waals surface area contributed by atoms with Crippen molar-refractivity contribution in [2.75, 3.05) is 0 Å². The minimum absolute atomic E-state index is 0.347. The first kappa shape index (κ1) is 16.2. The molecule has 2 N–H and O–H groups in total. The Morgan fingerprint density at radius 3 is 1.64 bits per heavy atom. The Bertz CT molecular complexity index is 664. The van der Waals surface area contributed by atoms with E-state index in [9.17, 15) is 9.59 Å². The third-order valence-corrected chi connectivity index (χ3v) is 3.76. The highest BCUT2D eigenvalue weighted by Crippen LogP contribution is 2.14. The fourth-order valence-corrected chi connectivity index (χ4v) is 2.14. The Kier molecular flexibility index (Phi) is 5.33. The highest BCUT2D eigenvalue weighted by Gasteiger charge is 2.09. The van der Waals surface area contributed by atoms with Crippen molar-refractivity contribution in [1.82, 2.24) is 10.9 Å². The summed E-state index contributed by atoms with van der Waals surface area (Å²) in [5.41, 5.74) is 6.94. The van der Waals surface area contributed by atoms with E-state index in [4.69, 9.17) is 0 Å². The Morgan fingerprint density at radius 1 is 0.818 bits per heavy atom. The van der Waals surface area contributed by atoms with Crippen molar-refractivity contribution in [2.24, 2.45) is 0 Å². The van der Waals surface area contributed by atoms with Crippen molar-refractivity contribution in [1.29, 1.82) is 0 Å². The second-order valence-electron chi connectivity index (χ2n) is 5.19. The molecule has 0 atom stereocenters. The van der Waals surface area contributed by atoms with Gasteiger partial charge in [-0.25, -0.2) is 0 Å². The monoisotopic (exact) mass is 360 g/mol. The lowest BCUT2D eigenvalue weighted by atomic mass is 10.0. The molecule has 0 saturated carbocycles. The molecule has 0 aliphatic heterocycles. The molecule has 2 rings (SSSR count). The molecule has 2 aromatic carbocycles. The SMILES string of the molecule is CC(C)c1ccc(C(=O)NNC(=O)c2ccc(Br)cc2)cc1. The topological polar surface area (TPSA) is 58.2 Å². The molecule has 2 aromatic rings. The van der Waals surface area contributed by atoms with Gasteiger partial charge in [-0.05, 0) is 47.9 Å². The third-order valence-electron chi connectivity index (χ3n) is 3.24. The molecular formula is C17H17BrN2O2. The van der Waals surface area contributed by atoms with Crippen LogP contribution in [0.5, 0.6) is 0 Å². The van der Waals surface area contributed by atoms with Crippen molar-refractivity contribution >= 4 is 27.7 Å². The summed E-state index contributed by atoms with van der Waals surface area (Å²) in [7, 11) is 0. The lowest BCUT2D eigenvalue weighted by Crippen LogP contribution is -2.41. The van der Waals surface area contributed by atoms with Gasteiger partial charge in [-0.1, -0.05) is 41.9 Å². The number of benzene rings is 2. The van der Waals surface area contributed by atoms with Crippen molar-refractivity contribution in [3.05, 3.63) is 69.7 Å². The second-order valence-corrected chi connectivity index (χ2v) is 6.11. The van der Waals surface area contributed by atoms with E-state index in [0.717, 1.165) is 10.0 Å². The third kappa shape index (κ3) is 4.18. The van der Waals surface area contributed by atoms with Crippen LogP contribution in [0.1, 0.15) is 46.0 Å².